The molecule has 1 aromatic heterocycles. The molecule has 0 radical (unpaired) electrons. The Morgan fingerprint density at radius 3 is 2.84 bits per heavy atom. The molecule has 1 aromatic carbocycles. The van der Waals surface area contributed by atoms with E-state index in [4.69, 9.17) is 5.10 Å². The van der Waals surface area contributed by atoms with Gasteiger partial charge in [0, 0.05) is 30.6 Å². The van der Waals surface area contributed by atoms with Crippen LogP contribution in [0.15, 0.2) is 52.7 Å². The molecule has 2 atom stereocenters. The lowest BCUT2D eigenvalue weighted by Crippen LogP contribution is -2.36. The topological polar surface area (TPSA) is 74.9 Å². The number of Topliss-reactive ketones (excluding diaryl/α,β-unsaturated/α-hetero) is 1. The molecule has 8 heteroatoms. The summed E-state index contributed by atoms with van der Waals surface area (Å²) in [5.41, 5.74) is 3.30. The van der Waals surface area contributed by atoms with E-state index in [-0.39, 0.29) is 24.4 Å². The van der Waals surface area contributed by atoms with E-state index in [9.17, 15) is 4.79 Å². The van der Waals surface area contributed by atoms with Gasteiger partial charge in [0.05, 0.1) is 23.8 Å². The lowest BCUT2D eigenvalue weighted by molar-refractivity contribution is -0.120. The second-order valence-electron chi connectivity index (χ2n) is 8.13. The Morgan fingerprint density at radius 2 is 2.03 bits per heavy atom. The first kappa shape index (κ1) is 20.1. The zero-order valence-electron chi connectivity index (χ0n) is 17.5. The summed E-state index contributed by atoms with van der Waals surface area (Å²) in [5, 5.41) is 14.3. The number of hydrogen-bond acceptors (Lipinski definition) is 7. The van der Waals surface area contributed by atoms with E-state index in [2.05, 4.69) is 52.7 Å². The van der Waals surface area contributed by atoms with Crippen molar-refractivity contribution in [3.63, 3.8) is 0 Å². The van der Waals surface area contributed by atoms with Crippen LogP contribution in [0.4, 0.5) is 5.82 Å². The SMILES string of the molecule is Cc1ccc(-n2nc(C3CCSCC3)cc2NCC(=O)C2C=NN3C=CC=NC23)cc1. The Balaban J connectivity index is 1.36. The number of benzene rings is 1. The summed E-state index contributed by atoms with van der Waals surface area (Å²) in [6, 6.07) is 10.4. The molecule has 3 aliphatic heterocycles. The zero-order valence-corrected chi connectivity index (χ0v) is 18.3. The zero-order chi connectivity index (χ0) is 21.2. The van der Waals surface area contributed by atoms with Crippen LogP contribution < -0.4 is 5.32 Å². The summed E-state index contributed by atoms with van der Waals surface area (Å²) in [6.07, 6.45) is 9.12. The minimum atomic E-state index is -0.348. The predicted octanol–water partition coefficient (Wildman–Crippen LogP) is 3.61. The van der Waals surface area contributed by atoms with Crippen molar-refractivity contribution >= 4 is 35.8 Å². The van der Waals surface area contributed by atoms with E-state index in [0.29, 0.717) is 5.92 Å². The number of ketones is 1. The second-order valence-corrected chi connectivity index (χ2v) is 9.36. The number of carbonyl (C=O) groups is 1. The third-order valence-corrected chi connectivity index (χ3v) is 7.03. The normalized spacial score (nSPS) is 22.7. The van der Waals surface area contributed by atoms with Gasteiger partial charge in [-0.2, -0.15) is 22.0 Å². The van der Waals surface area contributed by atoms with Crippen molar-refractivity contribution in [2.75, 3.05) is 23.4 Å². The number of rotatable bonds is 6. The van der Waals surface area contributed by atoms with Crippen LogP contribution in [-0.2, 0) is 4.79 Å². The number of aromatic nitrogens is 2. The Morgan fingerprint density at radius 1 is 1.23 bits per heavy atom. The maximum atomic E-state index is 13.0. The van der Waals surface area contributed by atoms with Gasteiger partial charge in [-0.1, -0.05) is 17.7 Å². The summed E-state index contributed by atoms with van der Waals surface area (Å²) in [5.74, 6) is 3.40. The number of anilines is 1. The Hall–Kier alpha value is -2.87. The molecule has 5 rings (SSSR count). The predicted molar refractivity (Wildman–Crippen MR) is 126 cm³/mol. The molecule has 3 aliphatic rings. The molecule has 0 amide bonds. The van der Waals surface area contributed by atoms with Crippen LogP contribution in [0, 0.1) is 12.8 Å². The molecule has 0 aliphatic carbocycles. The molecule has 1 saturated heterocycles. The number of allylic oxidation sites excluding steroid dienone is 1. The van der Waals surface area contributed by atoms with E-state index >= 15 is 0 Å². The van der Waals surface area contributed by atoms with Gasteiger partial charge in [0.15, 0.2) is 11.9 Å². The third-order valence-electron chi connectivity index (χ3n) is 5.98. The molecule has 0 saturated carbocycles. The van der Waals surface area contributed by atoms with Crippen molar-refractivity contribution in [3.8, 4) is 5.69 Å². The van der Waals surface area contributed by atoms with Gasteiger partial charge < -0.3 is 5.32 Å². The van der Waals surface area contributed by atoms with Crippen LogP contribution in [0.3, 0.4) is 0 Å². The quantitative estimate of drug-likeness (QED) is 0.752. The highest BCUT2D eigenvalue weighted by atomic mass is 32.2. The summed E-state index contributed by atoms with van der Waals surface area (Å²) < 4.78 is 1.93. The first-order valence-electron chi connectivity index (χ1n) is 10.7. The number of fused-ring (bicyclic) bond motifs is 1. The molecular weight excluding hydrogens is 408 g/mol. The van der Waals surface area contributed by atoms with E-state index in [1.54, 1.807) is 17.4 Å². The molecule has 4 heterocycles. The van der Waals surface area contributed by atoms with Crippen molar-refractivity contribution in [1.82, 2.24) is 14.8 Å². The number of aryl methyl sites for hydroxylation is 1. The monoisotopic (exact) mass is 434 g/mol. The molecular formula is C23H26N6OS. The fourth-order valence-electron chi connectivity index (χ4n) is 4.16. The van der Waals surface area contributed by atoms with Crippen molar-refractivity contribution in [2.24, 2.45) is 16.0 Å². The van der Waals surface area contributed by atoms with Gasteiger partial charge in [0.1, 0.15) is 5.82 Å². The molecule has 1 fully saturated rings. The number of hydrazone groups is 1. The third kappa shape index (κ3) is 4.17. The van der Waals surface area contributed by atoms with E-state index < -0.39 is 0 Å². The van der Waals surface area contributed by atoms with Crippen LogP contribution in [0.2, 0.25) is 0 Å². The molecule has 31 heavy (non-hydrogen) atoms. The van der Waals surface area contributed by atoms with Gasteiger partial charge in [0.2, 0.25) is 0 Å². The van der Waals surface area contributed by atoms with E-state index in [1.165, 1.54) is 17.1 Å². The van der Waals surface area contributed by atoms with E-state index in [0.717, 1.165) is 30.0 Å². The van der Waals surface area contributed by atoms with Gasteiger partial charge in [-0.3, -0.25) is 9.79 Å². The fraction of sp³-hybridized carbons (Fsp3) is 0.391. The van der Waals surface area contributed by atoms with Gasteiger partial charge in [-0.25, -0.2) is 9.69 Å². The maximum Gasteiger partial charge on any atom is 0.164 e. The number of nitrogens with one attached hydrogen (secondary N) is 1. The molecule has 2 aromatic rings. The largest absolute Gasteiger partial charge is 0.363 e. The Kier molecular flexibility index (Phi) is 5.63. The van der Waals surface area contributed by atoms with E-state index in [1.807, 2.05) is 28.7 Å². The molecule has 1 N–H and O–H groups in total. The van der Waals surface area contributed by atoms with Crippen molar-refractivity contribution < 1.29 is 4.79 Å². The fourth-order valence-corrected chi connectivity index (χ4v) is 5.26. The molecule has 160 valence electrons. The Labute approximate surface area is 186 Å². The summed E-state index contributed by atoms with van der Waals surface area (Å²) in [4.78, 5) is 17.4. The average Bonchev–Trinajstić information content (AvgIpc) is 3.43. The van der Waals surface area contributed by atoms with Crippen molar-refractivity contribution in [3.05, 3.63) is 53.9 Å². The highest BCUT2D eigenvalue weighted by Crippen LogP contribution is 2.33. The molecule has 0 bridgehead atoms. The average molecular weight is 435 g/mol. The minimum absolute atomic E-state index is 0.0657. The lowest BCUT2D eigenvalue weighted by Gasteiger charge is -2.22. The standard InChI is InChI=1S/C23H26N6OS/c1-16-3-5-18(6-4-16)29-22(13-20(27-29)17-7-11-31-12-8-17)25-15-21(30)19-14-26-28-10-2-9-24-23(19)28/h2-6,9-10,13-14,17,19,23,25H,7-8,11-12,15H2,1H3. The van der Waals surface area contributed by atoms with Crippen molar-refractivity contribution in [2.45, 2.75) is 31.8 Å². The first-order valence-corrected chi connectivity index (χ1v) is 11.9. The minimum Gasteiger partial charge on any atom is -0.363 e. The number of thioether (sulfide) groups is 1. The molecule has 2 unspecified atom stereocenters. The highest BCUT2D eigenvalue weighted by molar-refractivity contribution is 7.99. The van der Waals surface area contributed by atoms with Crippen LogP contribution in [0.1, 0.15) is 30.0 Å². The maximum absolute atomic E-state index is 13.0. The van der Waals surface area contributed by atoms with Gasteiger partial charge in [-0.05, 0) is 49.5 Å². The van der Waals surface area contributed by atoms with Gasteiger partial charge in [0.25, 0.3) is 0 Å². The lowest BCUT2D eigenvalue weighted by atomic mass is 9.99. The molecule has 0 spiro atoms. The van der Waals surface area contributed by atoms with Gasteiger partial charge >= 0.3 is 0 Å². The Bertz CT molecular complexity index is 1030. The van der Waals surface area contributed by atoms with Crippen LogP contribution in [0.5, 0.6) is 0 Å². The van der Waals surface area contributed by atoms with Crippen LogP contribution in [-0.4, -0.2) is 57.2 Å². The number of hydrogen-bond donors (Lipinski definition) is 1. The smallest absolute Gasteiger partial charge is 0.164 e. The van der Waals surface area contributed by atoms with Crippen molar-refractivity contribution in [1.29, 1.82) is 0 Å². The summed E-state index contributed by atoms with van der Waals surface area (Å²) in [7, 11) is 0. The molecule has 7 nitrogen and oxygen atoms in total. The highest BCUT2D eigenvalue weighted by Gasteiger charge is 2.35. The summed E-state index contributed by atoms with van der Waals surface area (Å²) in [6.45, 7) is 2.28. The first-order chi connectivity index (χ1) is 15.2. The van der Waals surface area contributed by atoms with Gasteiger partial charge in [-0.15, -0.1) is 0 Å². The number of nitrogens with zero attached hydrogens (tertiary/aromatic N) is 5. The number of carbonyl (C=O) groups excluding carboxylic acids is 1. The second kappa shape index (κ2) is 8.70. The van der Waals surface area contributed by atoms with Crippen LogP contribution in [0.25, 0.3) is 5.69 Å². The summed E-state index contributed by atoms with van der Waals surface area (Å²) >= 11 is 2.01. The number of aliphatic imine (C=N–C) groups is 1. The van der Waals surface area contributed by atoms with Crippen LogP contribution >= 0.6 is 11.8 Å².